The van der Waals surface area contributed by atoms with Crippen molar-refractivity contribution >= 4 is 16.0 Å². The molecule has 0 saturated heterocycles. The van der Waals surface area contributed by atoms with Crippen LogP contribution in [0.1, 0.15) is 18.1 Å². The average molecular weight is 437 g/mol. The molecule has 7 nitrogen and oxygen atoms in total. The van der Waals surface area contributed by atoms with E-state index in [0.717, 1.165) is 11.1 Å². The number of rotatable bonds is 11. The van der Waals surface area contributed by atoms with Crippen molar-refractivity contribution in [2.75, 3.05) is 33.4 Å². The summed E-state index contributed by atoms with van der Waals surface area (Å²) < 4.78 is 45.0. The summed E-state index contributed by atoms with van der Waals surface area (Å²) in [4.78, 5) is 4.72. The Morgan fingerprint density at radius 1 is 1.07 bits per heavy atom. The van der Waals surface area contributed by atoms with Gasteiger partial charge < -0.3 is 15.4 Å². The first-order chi connectivity index (χ1) is 14.4. The highest BCUT2D eigenvalue weighted by atomic mass is 32.2. The lowest BCUT2D eigenvalue weighted by Crippen LogP contribution is -2.38. The lowest BCUT2D eigenvalue weighted by Gasteiger charge is -2.11. The molecule has 9 heteroatoms. The topological polar surface area (TPSA) is 91.8 Å². The van der Waals surface area contributed by atoms with Crippen molar-refractivity contribution in [1.82, 2.24) is 15.4 Å². The first kappa shape index (κ1) is 23.8. The number of halogens is 1. The first-order valence-electron chi connectivity index (χ1n) is 9.78. The van der Waals surface area contributed by atoms with E-state index in [1.54, 1.807) is 30.3 Å². The SMILES string of the molecule is CCNC(=NCc1ccc(S(=O)(=O)NCCOC)cc1)NCCc1cccc(F)c1. The van der Waals surface area contributed by atoms with Crippen LogP contribution < -0.4 is 15.4 Å². The first-order valence-corrected chi connectivity index (χ1v) is 11.3. The van der Waals surface area contributed by atoms with Crippen LogP contribution in [-0.2, 0) is 27.7 Å². The molecular formula is C21H29FN4O3S. The van der Waals surface area contributed by atoms with Gasteiger partial charge in [0.15, 0.2) is 5.96 Å². The van der Waals surface area contributed by atoms with Crippen molar-refractivity contribution in [3.8, 4) is 0 Å². The number of hydrogen-bond acceptors (Lipinski definition) is 4. The van der Waals surface area contributed by atoms with E-state index in [-0.39, 0.29) is 17.3 Å². The number of aliphatic imine (C=N–C) groups is 1. The number of hydrogen-bond donors (Lipinski definition) is 3. The van der Waals surface area contributed by atoms with E-state index in [9.17, 15) is 12.8 Å². The Morgan fingerprint density at radius 3 is 2.50 bits per heavy atom. The lowest BCUT2D eigenvalue weighted by atomic mass is 10.1. The third-order valence-corrected chi connectivity index (χ3v) is 5.67. The van der Waals surface area contributed by atoms with Crippen molar-refractivity contribution < 1.29 is 17.5 Å². The van der Waals surface area contributed by atoms with Gasteiger partial charge in [-0.1, -0.05) is 24.3 Å². The van der Waals surface area contributed by atoms with Crippen LogP contribution in [0.15, 0.2) is 58.4 Å². The molecular weight excluding hydrogens is 407 g/mol. The lowest BCUT2D eigenvalue weighted by molar-refractivity contribution is 0.204. The van der Waals surface area contributed by atoms with Gasteiger partial charge in [0.1, 0.15) is 5.82 Å². The van der Waals surface area contributed by atoms with Crippen LogP contribution in [-0.4, -0.2) is 47.7 Å². The minimum atomic E-state index is -3.55. The summed E-state index contributed by atoms with van der Waals surface area (Å²) in [5, 5.41) is 6.38. The molecule has 0 fully saturated rings. The summed E-state index contributed by atoms with van der Waals surface area (Å²) >= 11 is 0. The van der Waals surface area contributed by atoms with Gasteiger partial charge in [0, 0.05) is 26.7 Å². The van der Waals surface area contributed by atoms with Crippen LogP contribution in [0.5, 0.6) is 0 Å². The second kappa shape index (κ2) is 12.3. The van der Waals surface area contributed by atoms with E-state index in [0.29, 0.717) is 38.6 Å². The number of nitrogens with zero attached hydrogens (tertiary/aromatic N) is 1. The van der Waals surface area contributed by atoms with Gasteiger partial charge in [-0.25, -0.2) is 22.5 Å². The van der Waals surface area contributed by atoms with Gasteiger partial charge in [0.25, 0.3) is 0 Å². The Labute approximate surface area is 177 Å². The summed E-state index contributed by atoms with van der Waals surface area (Å²) in [5.74, 6) is 0.402. The predicted molar refractivity (Wildman–Crippen MR) is 116 cm³/mol. The molecule has 0 aliphatic carbocycles. The van der Waals surface area contributed by atoms with Gasteiger partial charge in [0.2, 0.25) is 10.0 Å². The fraction of sp³-hybridized carbons (Fsp3) is 0.381. The molecule has 0 aliphatic rings. The summed E-state index contributed by atoms with van der Waals surface area (Å²) in [6, 6.07) is 13.1. The molecule has 164 valence electrons. The molecule has 2 aromatic carbocycles. The standard InChI is InChI=1S/C21H29FN4O3S/c1-3-23-21(24-12-11-17-5-4-6-19(22)15-17)25-16-18-7-9-20(10-8-18)30(27,28)26-13-14-29-2/h4-10,15,26H,3,11-14,16H2,1-2H3,(H2,23,24,25). The maximum absolute atomic E-state index is 13.3. The highest BCUT2D eigenvalue weighted by Crippen LogP contribution is 2.11. The quantitative estimate of drug-likeness (QED) is 0.285. The van der Waals surface area contributed by atoms with Crippen LogP contribution >= 0.6 is 0 Å². The molecule has 0 unspecified atom stereocenters. The van der Waals surface area contributed by atoms with Crippen molar-refractivity contribution in [3.05, 3.63) is 65.5 Å². The molecule has 3 N–H and O–H groups in total. The zero-order chi connectivity index (χ0) is 21.8. The van der Waals surface area contributed by atoms with Crippen molar-refractivity contribution in [3.63, 3.8) is 0 Å². The molecule has 0 aromatic heterocycles. The second-order valence-corrected chi connectivity index (χ2v) is 8.30. The highest BCUT2D eigenvalue weighted by Gasteiger charge is 2.12. The van der Waals surface area contributed by atoms with E-state index in [1.807, 2.05) is 13.0 Å². The summed E-state index contributed by atoms with van der Waals surface area (Å²) in [7, 11) is -2.03. The fourth-order valence-corrected chi connectivity index (χ4v) is 3.68. The van der Waals surface area contributed by atoms with Gasteiger partial charge in [-0.2, -0.15) is 0 Å². The number of sulfonamides is 1. The largest absolute Gasteiger partial charge is 0.383 e. The van der Waals surface area contributed by atoms with Crippen LogP contribution in [0.4, 0.5) is 4.39 Å². The van der Waals surface area contributed by atoms with Gasteiger partial charge in [0.05, 0.1) is 18.0 Å². The normalized spacial score (nSPS) is 12.0. The summed E-state index contributed by atoms with van der Waals surface area (Å²) in [5.41, 5.74) is 1.79. The Balaban J connectivity index is 1.92. The number of nitrogens with one attached hydrogen (secondary N) is 3. The van der Waals surface area contributed by atoms with Crippen molar-refractivity contribution in [2.24, 2.45) is 4.99 Å². The van der Waals surface area contributed by atoms with Gasteiger partial charge in [-0.15, -0.1) is 0 Å². The number of ether oxygens (including phenoxy) is 1. The van der Waals surface area contributed by atoms with E-state index in [4.69, 9.17) is 4.74 Å². The highest BCUT2D eigenvalue weighted by molar-refractivity contribution is 7.89. The summed E-state index contributed by atoms with van der Waals surface area (Å²) in [6.07, 6.45) is 0.671. The number of benzene rings is 2. The minimum absolute atomic E-state index is 0.200. The molecule has 0 radical (unpaired) electrons. The third-order valence-electron chi connectivity index (χ3n) is 4.19. The molecule has 0 aliphatic heterocycles. The Hall–Kier alpha value is -2.49. The van der Waals surface area contributed by atoms with Crippen LogP contribution in [0.3, 0.4) is 0 Å². The van der Waals surface area contributed by atoms with Crippen molar-refractivity contribution in [2.45, 2.75) is 24.8 Å². The smallest absolute Gasteiger partial charge is 0.240 e. The molecule has 2 rings (SSSR count). The average Bonchev–Trinajstić information content (AvgIpc) is 2.72. The zero-order valence-corrected chi connectivity index (χ0v) is 18.1. The van der Waals surface area contributed by atoms with E-state index >= 15 is 0 Å². The molecule has 0 atom stereocenters. The van der Waals surface area contributed by atoms with Crippen molar-refractivity contribution in [1.29, 1.82) is 0 Å². The molecule has 0 saturated carbocycles. The molecule has 0 bridgehead atoms. The maximum Gasteiger partial charge on any atom is 0.240 e. The predicted octanol–water partition coefficient (Wildman–Crippen LogP) is 2.05. The molecule has 0 spiro atoms. The van der Waals surface area contributed by atoms with Gasteiger partial charge in [-0.05, 0) is 48.7 Å². The van der Waals surface area contributed by atoms with Gasteiger partial charge in [-0.3, -0.25) is 0 Å². The fourth-order valence-electron chi connectivity index (χ4n) is 2.67. The molecule has 2 aromatic rings. The Kier molecular flexibility index (Phi) is 9.72. The molecule has 0 heterocycles. The molecule has 30 heavy (non-hydrogen) atoms. The number of methoxy groups -OCH3 is 1. The Bertz CT molecular complexity index is 918. The minimum Gasteiger partial charge on any atom is -0.383 e. The van der Waals surface area contributed by atoms with E-state index in [2.05, 4.69) is 20.3 Å². The summed E-state index contributed by atoms with van der Waals surface area (Å²) in [6.45, 7) is 4.21. The molecule has 0 amide bonds. The monoisotopic (exact) mass is 436 g/mol. The van der Waals surface area contributed by atoms with Crippen LogP contribution in [0.2, 0.25) is 0 Å². The second-order valence-electron chi connectivity index (χ2n) is 6.54. The van der Waals surface area contributed by atoms with Crippen LogP contribution in [0.25, 0.3) is 0 Å². The van der Waals surface area contributed by atoms with Crippen LogP contribution in [0, 0.1) is 5.82 Å². The Morgan fingerprint density at radius 2 is 1.83 bits per heavy atom. The third kappa shape index (κ3) is 8.10. The van der Waals surface area contributed by atoms with E-state index in [1.165, 1.54) is 19.2 Å². The zero-order valence-electron chi connectivity index (χ0n) is 17.3. The maximum atomic E-state index is 13.3. The number of guanidine groups is 1. The van der Waals surface area contributed by atoms with E-state index < -0.39 is 10.0 Å². The van der Waals surface area contributed by atoms with Gasteiger partial charge >= 0.3 is 0 Å².